The van der Waals surface area contributed by atoms with Crippen molar-refractivity contribution in [3.63, 3.8) is 0 Å². The quantitative estimate of drug-likeness (QED) is 0.763. The van der Waals surface area contributed by atoms with Crippen molar-refractivity contribution in [2.45, 2.75) is 32.2 Å². The molecule has 1 aliphatic heterocycles. The van der Waals surface area contributed by atoms with Gasteiger partial charge in [-0.15, -0.1) is 0 Å². The Balaban J connectivity index is 1.64. The number of H-pyrrole nitrogens is 1. The average Bonchev–Trinajstić information content (AvgIpc) is 3.12. The number of amides is 1. The highest BCUT2D eigenvalue weighted by molar-refractivity contribution is 5.95. The number of benzene rings is 1. The molecule has 3 heterocycles. The van der Waals surface area contributed by atoms with E-state index < -0.39 is 0 Å². The van der Waals surface area contributed by atoms with E-state index >= 15 is 0 Å². The van der Waals surface area contributed by atoms with Gasteiger partial charge in [0.25, 0.3) is 5.91 Å². The Morgan fingerprint density at radius 3 is 3.00 bits per heavy atom. The summed E-state index contributed by atoms with van der Waals surface area (Å²) in [6.07, 6.45) is 4.78. The van der Waals surface area contributed by atoms with Crippen LogP contribution in [0, 0.1) is 0 Å². The zero-order valence-electron chi connectivity index (χ0n) is 14.9. The molecule has 1 atom stereocenters. The molecule has 1 unspecified atom stereocenters. The van der Waals surface area contributed by atoms with Crippen LogP contribution in [0.5, 0.6) is 5.88 Å². The summed E-state index contributed by atoms with van der Waals surface area (Å²) in [5.74, 6) is 0.536. The molecule has 1 N–H and O–H groups in total. The highest BCUT2D eigenvalue weighted by Gasteiger charge is 2.30. The summed E-state index contributed by atoms with van der Waals surface area (Å²) >= 11 is 0. The third kappa shape index (κ3) is 3.17. The second-order valence-corrected chi connectivity index (χ2v) is 6.64. The Morgan fingerprint density at radius 2 is 2.15 bits per heavy atom. The number of aromatic amines is 1. The van der Waals surface area contributed by atoms with E-state index in [1.807, 2.05) is 24.0 Å². The number of hydrogen-bond donors (Lipinski definition) is 1. The Hall–Kier alpha value is -2.82. The van der Waals surface area contributed by atoms with E-state index in [-0.39, 0.29) is 11.9 Å². The molecule has 2 aromatic heterocycles. The molecule has 0 aliphatic carbocycles. The van der Waals surface area contributed by atoms with Gasteiger partial charge in [0, 0.05) is 35.6 Å². The van der Waals surface area contributed by atoms with Gasteiger partial charge in [-0.1, -0.05) is 18.2 Å². The van der Waals surface area contributed by atoms with Crippen molar-refractivity contribution < 1.29 is 9.53 Å². The summed E-state index contributed by atoms with van der Waals surface area (Å²) in [4.78, 5) is 22.8. The van der Waals surface area contributed by atoms with Crippen molar-refractivity contribution in [1.82, 2.24) is 14.9 Å². The SMILES string of the molecule is CCOc1cc(C(=O)N2CCCCC2c2cc3ccccc3[nH]2)ccn1. The summed E-state index contributed by atoms with van der Waals surface area (Å²) < 4.78 is 5.45. The number of fused-ring (bicyclic) bond motifs is 1. The van der Waals surface area contributed by atoms with Gasteiger partial charge in [-0.2, -0.15) is 0 Å². The number of piperidine rings is 1. The molecule has 1 fully saturated rings. The van der Waals surface area contributed by atoms with Crippen LogP contribution in [0.2, 0.25) is 0 Å². The molecule has 0 radical (unpaired) electrons. The number of carbonyl (C=O) groups excluding carboxylic acids is 1. The van der Waals surface area contributed by atoms with E-state index in [4.69, 9.17) is 4.74 Å². The fourth-order valence-corrected chi connectivity index (χ4v) is 3.71. The molecule has 1 aliphatic rings. The molecular formula is C21H23N3O2. The van der Waals surface area contributed by atoms with Crippen molar-refractivity contribution in [1.29, 1.82) is 0 Å². The number of aromatic nitrogens is 2. The maximum absolute atomic E-state index is 13.2. The van der Waals surface area contributed by atoms with Crippen molar-refractivity contribution in [2.24, 2.45) is 0 Å². The average molecular weight is 349 g/mol. The lowest BCUT2D eigenvalue weighted by Crippen LogP contribution is -2.38. The minimum atomic E-state index is 0.0386. The molecule has 1 aromatic carbocycles. The third-order valence-electron chi connectivity index (χ3n) is 4.95. The molecule has 0 bridgehead atoms. The number of likely N-dealkylation sites (tertiary alicyclic amines) is 1. The highest BCUT2D eigenvalue weighted by atomic mass is 16.5. The molecule has 0 saturated carbocycles. The predicted octanol–water partition coefficient (Wildman–Crippen LogP) is 4.33. The first-order valence-corrected chi connectivity index (χ1v) is 9.23. The lowest BCUT2D eigenvalue weighted by Gasteiger charge is -2.35. The van der Waals surface area contributed by atoms with Crippen LogP contribution in [0.25, 0.3) is 10.9 Å². The number of nitrogens with one attached hydrogen (secondary N) is 1. The van der Waals surface area contributed by atoms with E-state index in [0.29, 0.717) is 18.1 Å². The number of carbonyl (C=O) groups is 1. The first kappa shape index (κ1) is 16.6. The zero-order chi connectivity index (χ0) is 17.9. The molecule has 5 heteroatoms. The molecule has 5 nitrogen and oxygen atoms in total. The summed E-state index contributed by atoms with van der Waals surface area (Å²) in [5.41, 5.74) is 2.85. The van der Waals surface area contributed by atoms with Crippen LogP contribution in [-0.2, 0) is 0 Å². The Labute approximate surface area is 153 Å². The van der Waals surface area contributed by atoms with Gasteiger partial charge in [-0.3, -0.25) is 4.79 Å². The second-order valence-electron chi connectivity index (χ2n) is 6.64. The predicted molar refractivity (Wildman–Crippen MR) is 101 cm³/mol. The van der Waals surface area contributed by atoms with Gasteiger partial charge < -0.3 is 14.6 Å². The van der Waals surface area contributed by atoms with E-state index in [0.717, 1.165) is 37.0 Å². The van der Waals surface area contributed by atoms with Crippen molar-refractivity contribution in [3.8, 4) is 5.88 Å². The molecule has 4 rings (SSSR count). The van der Waals surface area contributed by atoms with Gasteiger partial charge >= 0.3 is 0 Å². The Bertz CT molecular complexity index is 885. The molecule has 1 saturated heterocycles. The molecule has 134 valence electrons. The summed E-state index contributed by atoms with van der Waals surface area (Å²) in [6, 6.07) is 14.0. The lowest BCUT2D eigenvalue weighted by molar-refractivity contribution is 0.0606. The van der Waals surface area contributed by atoms with Crippen LogP contribution in [0.4, 0.5) is 0 Å². The van der Waals surface area contributed by atoms with Gasteiger partial charge in [0.05, 0.1) is 12.6 Å². The Morgan fingerprint density at radius 1 is 1.27 bits per heavy atom. The summed E-state index contributed by atoms with van der Waals surface area (Å²) in [5, 5.41) is 1.18. The van der Waals surface area contributed by atoms with Gasteiger partial charge in [0.2, 0.25) is 5.88 Å². The van der Waals surface area contributed by atoms with Crippen molar-refractivity contribution in [3.05, 3.63) is 59.9 Å². The highest BCUT2D eigenvalue weighted by Crippen LogP contribution is 2.33. The monoisotopic (exact) mass is 349 g/mol. The van der Waals surface area contributed by atoms with Gasteiger partial charge in [-0.05, 0) is 49.8 Å². The van der Waals surface area contributed by atoms with E-state index in [2.05, 4.69) is 28.2 Å². The van der Waals surface area contributed by atoms with Crippen LogP contribution >= 0.6 is 0 Å². The Kier molecular flexibility index (Phi) is 4.61. The summed E-state index contributed by atoms with van der Waals surface area (Å²) in [7, 11) is 0. The summed E-state index contributed by atoms with van der Waals surface area (Å²) in [6.45, 7) is 3.21. The lowest BCUT2D eigenvalue weighted by atomic mass is 9.98. The number of para-hydroxylation sites is 1. The van der Waals surface area contributed by atoms with Gasteiger partial charge in [0.1, 0.15) is 0 Å². The van der Waals surface area contributed by atoms with Crippen LogP contribution in [0.3, 0.4) is 0 Å². The van der Waals surface area contributed by atoms with Crippen LogP contribution in [0.15, 0.2) is 48.7 Å². The normalized spacial score (nSPS) is 17.4. The van der Waals surface area contributed by atoms with E-state index in [1.54, 1.807) is 18.3 Å². The fraction of sp³-hybridized carbons (Fsp3) is 0.333. The maximum atomic E-state index is 13.2. The first-order chi connectivity index (χ1) is 12.8. The minimum Gasteiger partial charge on any atom is -0.478 e. The molecule has 0 spiro atoms. The van der Waals surface area contributed by atoms with Gasteiger partial charge in [-0.25, -0.2) is 4.98 Å². The van der Waals surface area contributed by atoms with Crippen molar-refractivity contribution in [2.75, 3.05) is 13.2 Å². The molecule has 1 amide bonds. The standard InChI is InChI=1S/C21H23N3O2/c1-2-26-20-14-16(10-11-22-20)21(25)24-12-6-5-9-19(24)18-13-15-7-3-4-8-17(15)23-18/h3-4,7-8,10-11,13-14,19,23H,2,5-6,9,12H2,1H3. The molecule has 26 heavy (non-hydrogen) atoms. The number of rotatable bonds is 4. The molecule has 3 aromatic rings. The van der Waals surface area contributed by atoms with Crippen LogP contribution in [-0.4, -0.2) is 33.9 Å². The number of pyridine rings is 1. The van der Waals surface area contributed by atoms with Crippen LogP contribution < -0.4 is 4.74 Å². The van der Waals surface area contributed by atoms with E-state index in [9.17, 15) is 4.79 Å². The largest absolute Gasteiger partial charge is 0.478 e. The van der Waals surface area contributed by atoms with Crippen molar-refractivity contribution >= 4 is 16.8 Å². The minimum absolute atomic E-state index is 0.0386. The van der Waals surface area contributed by atoms with E-state index in [1.165, 1.54) is 5.39 Å². The topological polar surface area (TPSA) is 58.2 Å². The smallest absolute Gasteiger partial charge is 0.254 e. The molecular weight excluding hydrogens is 326 g/mol. The second kappa shape index (κ2) is 7.20. The number of nitrogens with zero attached hydrogens (tertiary/aromatic N) is 2. The van der Waals surface area contributed by atoms with Gasteiger partial charge in [0.15, 0.2) is 0 Å². The van der Waals surface area contributed by atoms with Crippen LogP contribution in [0.1, 0.15) is 48.3 Å². The first-order valence-electron chi connectivity index (χ1n) is 9.23. The third-order valence-corrected chi connectivity index (χ3v) is 4.95. The number of hydrogen-bond acceptors (Lipinski definition) is 3. The fourth-order valence-electron chi connectivity index (χ4n) is 3.71. The maximum Gasteiger partial charge on any atom is 0.254 e. The number of ether oxygens (including phenoxy) is 1. The zero-order valence-corrected chi connectivity index (χ0v) is 14.9.